The largest absolute Gasteiger partial charge is 0.507 e. The van der Waals surface area contributed by atoms with Gasteiger partial charge in [-0.05, 0) is 23.3 Å². The van der Waals surface area contributed by atoms with Crippen LogP contribution in [0, 0.1) is 0 Å². The Bertz CT molecular complexity index is 551. The van der Waals surface area contributed by atoms with Gasteiger partial charge >= 0.3 is 0 Å². The highest BCUT2D eigenvalue weighted by molar-refractivity contribution is 5.80. The highest BCUT2D eigenvalue weighted by atomic mass is 16.3. The molecule has 1 aromatic carbocycles. The van der Waals surface area contributed by atoms with E-state index in [1.165, 1.54) is 0 Å². The Labute approximate surface area is 93.6 Å². The van der Waals surface area contributed by atoms with Crippen molar-refractivity contribution in [3.8, 4) is 17.0 Å². The van der Waals surface area contributed by atoms with Crippen LogP contribution in [0.25, 0.3) is 11.3 Å². The molecule has 0 fully saturated rings. The normalized spacial score (nSPS) is 16.9. The molecule has 80 valence electrons. The molecular formula is C13H12N2O. The standard InChI is InChI=1S/C13H12N2O/c14-7-10-8-3-1-5-11(16)12(8)13-9(10)4-2-6-15-13/h1-6,10,16H,7,14H2. The Morgan fingerprint density at radius 3 is 2.81 bits per heavy atom. The topological polar surface area (TPSA) is 59.1 Å². The van der Waals surface area contributed by atoms with Crippen molar-refractivity contribution in [1.29, 1.82) is 0 Å². The van der Waals surface area contributed by atoms with E-state index in [4.69, 9.17) is 5.73 Å². The summed E-state index contributed by atoms with van der Waals surface area (Å²) >= 11 is 0. The van der Waals surface area contributed by atoms with Crippen molar-refractivity contribution < 1.29 is 5.11 Å². The summed E-state index contributed by atoms with van der Waals surface area (Å²) in [6.07, 6.45) is 1.74. The molecule has 2 aromatic rings. The SMILES string of the molecule is NCC1c2cccnc2-c2c(O)cccc21. The predicted molar refractivity (Wildman–Crippen MR) is 62.2 cm³/mol. The molecule has 1 aliphatic carbocycles. The number of aromatic hydroxyl groups is 1. The van der Waals surface area contributed by atoms with Crippen molar-refractivity contribution in [2.75, 3.05) is 6.54 Å². The number of benzene rings is 1. The number of phenols is 1. The molecule has 0 spiro atoms. The number of aromatic nitrogens is 1. The Hall–Kier alpha value is -1.87. The van der Waals surface area contributed by atoms with E-state index < -0.39 is 0 Å². The second-order valence-electron chi connectivity index (χ2n) is 3.97. The van der Waals surface area contributed by atoms with E-state index in [9.17, 15) is 5.11 Å². The van der Waals surface area contributed by atoms with Gasteiger partial charge in [0.2, 0.25) is 0 Å². The van der Waals surface area contributed by atoms with Gasteiger partial charge in [0.25, 0.3) is 0 Å². The van der Waals surface area contributed by atoms with E-state index in [0.29, 0.717) is 6.54 Å². The van der Waals surface area contributed by atoms with Gasteiger partial charge in [-0.15, -0.1) is 0 Å². The highest BCUT2D eigenvalue weighted by Gasteiger charge is 2.30. The molecule has 1 unspecified atom stereocenters. The number of fused-ring (bicyclic) bond motifs is 3. The van der Waals surface area contributed by atoms with Crippen LogP contribution >= 0.6 is 0 Å². The minimum atomic E-state index is 0.158. The molecule has 1 aromatic heterocycles. The summed E-state index contributed by atoms with van der Waals surface area (Å²) < 4.78 is 0. The van der Waals surface area contributed by atoms with Crippen LogP contribution in [0.15, 0.2) is 36.5 Å². The van der Waals surface area contributed by atoms with Crippen LogP contribution < -0.4 is 5.73 Å². The summed E-state index contributed by atoms with van der Waals surface area (Å²) in [5.74, 6) is 0.444. The van der Waals surface area contributed by atoms with Crippen molar-refractivity contribution in [1.82, 2.24) is 4.98 Å². The molecule has 3 nitrogen and oxygen atoms in total. The van der Waals surface area contributed by atoms with Crippen molar-refractivity contribution in [3.63, 3.8) is 0 Å². The third-order valence-electron chi connectivity index (χ3n) is 3.14. The first-order valence-corrected chi connectivity index (χ1v) is 5.30. The zero-order valence-electron chi connectivity index (χ0n) is 8.72. The van der Waals surface area contributed by atoms with E-state index in [1.807, 2.05) is 24.3 Å². The maximum atomic E-state index is 9.91. The summed E-state index contributed by atoms with van der Waals surface area (Å²) in [4.78, 5) is 4.34. The van der Waals surface area contributed by atoms with Gasteiger partial charge < -0.3 is 10.8 Å². The quantitative estimate of drug-likeness (QED) is 0.758. The van der Waals surface area contributed by atoms with Crippen LogP contribution in [0.4, 0.5) is 0 Å². The molecule has 1 heterocycles. The van der Waals surface area contributed by atoms with Gasteiger partial charge in [0, 0.05) is 24.2 Å². The number of phenolic OH excluding ortho intramolecular Hbond substituents is 1. The van der Waals surface area contributed by atoms with Crippen molar-refractivity contribution in [2.45, 2.75) is 5.92 Å². The fourth-order valence-electron chi connectivity index (χ4n) is 2.44. The molecule has 3 rings (SSSR count). The third kappa shape index (κ3) is 1.09. The first-order chi connectivity index (χ1) is 7.83. The predicted octanol–water partition coefficient (Wildman–Crippen LogP) is 1.86. The highest BCUT2D eigenvalue weighted by Crippen LogP contribution is 2.46. The number of hydrogen-bond donors (Lipinski definition) is 2. The van der Waals surface area contributed by atoms with Gasteiger partial charge in [-0.1, -0.05) is 18.2 Å². The summed E-state index contributed by atoms with van der Waals surface area (Å²) in [5, 5.41) is 9.91. The van der Waals surface area contributed by atoms with E-state index in [1.54, 1.807) is 12.3 Å². The van der Waals surface area contributed by atoms with Gasteiger partial charge in [0.1, 0.15) is 5.75 Å². The molecule has 16 heavy (non-hydrogen) atoms. The molecule has 3 heteroatoms. The second kappa shape index (κ2) is 3.32. The van der Waals surface area contributed by atoms with Gasteiger partial charge in [-0.2, -0.15) is 0 Å². The lowest BCUT2D eigenvalue weighted by Crippen LogP contribution is -2.11. The van der Waals surface area contributed by atoms with Crippen LogP contribution in [-0.2, 0) is 0 Å². The minimum Gasteiger partial charge on any atom is -0.507 e. The molecule has 0 bridgehead atoms. The lowest BCUT2D eigenvalue weighted by Gasteiger charge is -2.09. The summed E-state index contributed by atoms with van der Waals surface area (Å²) in [6, 6.07) is 9.48. The maximum absolute atomic E-state index is 9.91. The van der Waals surface area contributed by atoms with Crippen LogP contribution in [0.5, 0.6) is 5.75 Å². The van der Waals surface area contributed by atoms with Crippen molar-refractivity contribution >= 4 is 0 Å². The number of nitrogens with two attached hydrogens (primary N) is 1. The molecule has 0 aliphatic heterocycles. The van der Waals surface area contributed by atoms with Crippen molar-refractivity contribution in [3.05, 3.63) is 47.7 Å². The zero-order chi connectivity index (χ0) is 11.1. The van der Waals surface area contributed by atoms with Crippen LogP contribution in [0.2, 0.25) is 0 Å². The summed E-state index contributed by atoms with van der Waals surface area (Å²) in [6.45, 7) is 0.537. The number of pyridine rings is 1. The molecule has 3 N–H and O–H groups in total. The van der Waals surface area contributed by atoms with Crippen molar-refractivity contribution in [2.24, 2.45) is 5.73 Å². The van der Waals surface area contributed by atoms with Crippen LogP contribution in [-0.4, -0.2) is 16.6 Å². The van der Waals surface area contributed by atoms with Crippen LogP contribution in [0.3, 0.4) is 0 Å². The average Bonchev–Trinajstić information content (AvgIpc) is 2.64. The molecule has 0 radical (unpaired) electrons. The van der Waals surface area contributed by atoms with Gasteiger partial charge in [0.05, 0.1) is 5.69 Å². The summed E-state index contributed by atoms with van der Waals surface area (Å²) in [7, 11) is 0. The van der Waals surface area contributed by atoms with E-state index in [0.717, 1.165) is 22.4 Å². The van der Waals surface area contributed by atoms with Crippen LogP contribution in [0.1, 0.15) is 17.0 Å². The first kappa shape index (κ1) is 9.36. The second-order valence-corrected chi connectivity index (χ2v) is 3.97. The molecule has 1 atom stereocenters. The number of rotatable bonds is 1. The van der Waals surface area contributed by atoms with Gasteiger partial charge in [-0.25, -0.2) is 0 Å². The number of nitrogens with zero attached hydrogens (tertiary/aromatic N) is 1. The van der Waals surface area contributed by atoms with E-state index in [-0.39, 0.29) is 11.7 Å². The Morgan fingerprint density at radius 2 is 2.00 bits per heavy atom. The lowest BCUT2D eigenvalue weighted by molar-refractivity contribution is 0.477. The van der Waals surface area contributed by atoms with E-state index in [2.05, 4.69) is 4.98 Å². The Kier molecular flexibility index (Phi) is 1.94. The monoisotopic (exact) mass is 212 g/mol. The van der Waals surface area contributed by atoms with Gasteiger partial charge in [-0.3, -0.25) is 4.98 Å². The molecule has 1 aliphatic rings. The third-order valence-corrected chi connectivity index (χ3v) is 3.14. The zero-order valence-corrected chi connectivity index (χ0v) is 8.72. The minimum absolute atomic E-state index is 0.158. The smallest absolute Gasteiger partial charge is 0.125 e. The molecule has 0 saturated heterocycles. The Balaban J connectivity index is 2.35. The molecule has 0 amide bonds. The lowest BCUT2D eigenvalue weighted by atomic mass is 9.98. The average molecular weight is 212 g/mol. The Morgan fingerprint density at radius 1 is 1.19 bits per heavy atom. The molecular weight excluding hydrogens is 200 g/mol. The fourth-order valence-corrected chi connectivity index (χ4v) is 2.44. The fraction of sp³-hybridized carbons (Fsp3) is 0.154. The maximum Gasteiger partial charge on any atom is 0.125 e. The first-order valence-electron chi connectivity index (χ1n) is 5.30. The van der Waals surface area contributed by atoms with E-state index >= 15 is 0 Å². The van der Waals surface area contributed by atoms with Gasteiger partial charge in [0.15, 0.2) is 0 Å². The number of hydrogen-bond acceptors (Lipinski definition) is 3. The summed E-state index contributed by atoms with van der Waals surface area (Å²) in [5.41, 5.74) is 9.70. The molecule has 0 saturated carbocycles.